The number of hydrogen-bond donors (Lipinski definition) is 1. The maximum atomic E-state index is 14.9. The molecule has 0 saturated carbocycles. The number of aliphatic imine (C=N–C) groups is 1. The highest BCUT2D eigenvalue weighted by Crippen LogP contribution is 2.46. The number of hydrogen-bond acceptors (Lipinski definition) is 7. The molecule has 3 heterocycles. The van der Waals surface area contributed by atoms with E-state index in [-0.39, 0.29) is 11.7 Å². The van der Waals surface area contributed by atoms with Crippen molar-refractivity contribution in [2.45, 2.75) is 12.0 Å². The van der Waals surface area contributed by atoms with E-state index in [1.165, 1.54) is 17.8 Å². The van der Waals surface area contributed by atoms with Crippen LogP contribution in [0.3, 0.4) is 0 Å². The van der Waals surface area contributed by atoms with Crippen molar-refractivity contribution in [2.75, 3.05) is 40.3 Å². The highest BCUT2D eigenvalue weighted by Gasteiger charge is 2.47. The van der Waals surface area contributed by atoms with Crippen LogP contribution >= 0.6 is 11.8 Å². The molecule has 8 heteroatoms. The molecule has 1 fully saturated rings. The topological polar surface area (TPSA) is 79.0 Å². The zero-order chi connectivity index (χ0) is 20.9. The van der Waals surface area contributed by atoms with Gasteiger partial charge in [-0.05, 0) is 36.2 Å². The number of methoxy groups -OCH3 is 2. The summed E-state index contributed by atoms with van der Waals surface area (Å²) in [6.07, 6.45) is 2.50. The van der Waals surface area contributed by atoms with Gasteiger partial charge < -0.3 is 19.9 Å². The van der Waals surface area contributed by atoms with Gasteiger partial charge in [0.1, 0.15) is 11.4 Å². The van der Waals surface area contributed by atoms with Crippen molar-refractivity contribution in [1.82, 2.24) is 4.98 Å². The maximum absolute atomic E-state index is 14.9. The van der Waals surface area contributed by atoms with Crippen LogP contribution in [-0.2, 0) is 15.0 Å². The van der Waals surface area contributed by atoms with Crippen molar-refractivity contribution < 1.29 is 18.6 Å². The molecule has 0 bridgehead atoms. The summed E-state index contributed by atoms with van der Waals surface area (Å²) in [6, 6.07) is 8.79. The van der Waals surface area contributed by atoms with E-state index in [1.807, 2.05) is 18.2 Å². The number of nitrogens with two attached hydrogens (primary N) is 1. The Labute approximate surface area is 174 Å². The van der Waals surface area contributed by atoms with E-state index in [0.717, 1.165) is 23.3 Å². The summed E-state index contributed by atoms with van der Waals surface area (Å²) in [5.41, 5.74) is 7.40. The predicted molar refractivity (Wildman–Crippen MR) is 114 cm³/mol. The quantitative estimate of drug-likeness (QED) is 0.821. The van der Waals surface area contributed by atoms with Crippen LogP contribution in [0, 0.1) is 11.7 Å². The highest BCUT2D eigenvalue weighted by atomic mass is 32.2. The second-order valence-corrected chi connectivity index (χ2v) is 7.93. The third kappa shape index (κ3) is 4.39. The second-order valence-electron chi connectivity index (χ2n) is 6.89. The molecule has 2 N–H and O–H groups in total. The van der Waals surface area contributed by atoms with E-state index in [1.54, 1.807) is 33.6 Å². The summed E-state index contributed by atoms with van der Waals surface area (Å²) in [4.78, 5) is 8.93. The molecule has 0 aliphatic carbocycles. The first-order chi connectivity index (χ1) is 14.1. The Morgan fingerprint density at radius 2 is 2.07 bits per heavy atom. The van der Waals surface area contributed by atoms with Crippen LogP contribution in [0.1, 0.15) is 12.0 Å². The summed E-state index contributed by atoms with van der Waals surface area (Å²) < 4.78 is 30.2. The number of thioether (sulfide) groups is 1. The molecule has 1 aromatic heterocycles. The zero-order valence-electron chi connectivity index (χ0n) is 16.9. The van der Waals surface area contributed by atoms with E-state index in [9.17, 15) is 4.39 Å². The first-order valence-corrected chi connectivity index (χ1v) is 10.3. The summed E-state index contributed by atoms with van der Waals surface area (Å²) in [5, 5.41) is 0.482. The minimum Gasteiger partial charge on any atom is -0.481 e. The number of benzene rings is 1. The Kier molecular flexibility index (Phi) is 7.10. The van der Waals surface area contributed by atoms with Gasteiger partial charge in [0.05, 0.1) is 13.7 Å². The van der Waals surface area contributed by atoms with Crippen LogP contribution in [-0.4, -0.2) is 50.4 Å². The van der Waals surface area contributed by atoms with Crippen LogP contribution < -0.4 is 10.5 Å². The van der Waals surface area contributed by atoms with Gasteiger partial charge in [-0.2, -0.15) is 0 Å². The van der Waals surface area contributed by atoms with Crippen LogP contribution in [0.5, 0.6) is 5.88 Å². The smallest absolute Gasteiger partial charge is 0.221 e. The van der Waals surface area contributed by atoms with Crippen molar-refractivity contribution in [2.24, 2.45) is 16.6 Å². The van der Waals surface area contributed by atoms with Crippen LogP contribution in [0.25, 0.3) is 11.1 Å². The van der Waals surface area contributed by atoms with Crippen molar-refractivity contribution in [1.29, 1.82) is 0 Å². The van der Waals surface area contributed by atoms with Gasteiger partial charge in [-0.15, -0.1) is 0 Å². The molecule has 0 spiro atoms. The van der Waals surface area contributed by atoms with Crippen molar-refractivity contribution in [3.8, 4) is 17.0 Å². The lowest BCUT2D eigenvalue weighted by atomic mass is 9.76. The van der Waals surface area contributed by atoms with Gasteiger partial charge in [0.2, 0.25) is 5.88 Å². The number of halogens is 1. The third-order valence-electron chi connectivity index (χ3n) is 5.06. The van der Waals surface area contributed by atoms with Gasteiger partial charge in [-0.1, -0.05) is 17.8 Å². The molecule has 2 aliphatic heterocycles. The monoisotopic (exact) mass is 419 g/mol. The molecule has 2 atom stereocenters. The fraction of sp³-hybridized carbons (Fsp3) is 0.429. The molecule has 4 rings (SSSR count). The molecule has 29 heavy (non-hydrogen) atoms. The first kappa shape index (κ1) is 21.5. The summed E-state index contributed by atoms with van der Waals surface area (Å²) in [5.74, 6) is 1.21. The normalized spacial score (nSPS) is 23.3. The average molecular weight is 420 g/mol. The van der Waals surface area contributed by atoms with Gasteiger partial charge >= 0.3 is 0 Å². The highest BCUT2D eigenvalue weighted by molar-refractivity contribution is 8.13. The van der Waals surface area contributed by atoms with Crippen LogP contribution in [0.4, 0.5) is 4.39 Å². The van der Waals surface area contributed by atoms with Gasteiger partial charge in [0.25, 0.3) is 0 Å². The molecule has 2 unspecified atom stereocenters. The Morgan fingerprint density at radius 1 is 1.28 bits per heavy atom. The molecular weight excluding hydrogens is 393 g/mol. The number of pyridine rings is 1. The van der Waals surface area contributed by atoms with Crippen molar-refractivity contribution >= 4 is 16.9 Å². The number of nitrogens with zero attached hydrogens (tertiary/aromatic N) is 2. The lowest BCUT2D eigenvalue weighted by molar-refractivity contribution is 0.00303. The van der Waals surface area contributed by atoms with E-state index in [2.05, 4.69) is 14.7 Å². The minimum atomic E-state index is -0.775. The molecule has 6 nitrogen and oxygen atoms in total. The fourth-order valence-electron chi connectivity index (χ4n) is 3.73. The molecule has 1 saturated heterocycles. The number of aromatic nitrogens is 1. The number of ether oxygens (including phenoxy) is 3. The maximum Gasteiger partial charge on any atom is 0.221 e. The zero-order valence-corrected chi connectivity index (χ0v) is 17.7. The Bertz CT molecular complexity index is 880. The molecule has 156 valence electrons. The van der Waals surface area contributed by atoms with Crippen LogP contribution in [0.15, 0.2) is 41.5 Å². The molecule has 2 aromatic rings. The van der Waals surface area contributed by atoms with Gasteiger partial charge in [0.15, 0.2) is 5.17 Å². The number of rotatable bonds is 3. The van der Waals surface area contributed by atoms with Crippen molar-refractivity contribution in [3.63, 3.8) is 0 Å². The SMILES string of the molecule is COC.COc1ncccc1-c1ccc(F)c(C23COCCC2CSC(N)=N3)c1. The third-order valence-corrected chi connectivity index (χ3v) is 6.01. The minimum absolute atomic E-state index is 0.189. The first-order valence-electron chi connectivity index (χ1n) is 9.31. The molecular formula is C21H26FN3O3S. The predicted octanol–water partition coefficient (Wildman–Crippen LogP) is 3.45. The molecule has 2 aliphatic rings. The number of fused-ring (bicyclic) bond motifs is 1. The Balaban J connectivity index is 0.000000755. The Hall–Kier alpha value is -2.16. The Morgan fingerprint density at radius 3 is 2.83 bits per heavy atom. The van der Waals surface area contributed by atoms with Gasteiger partial charge in [0, 0.05) is 49.8 Å². The lowest BCUT2D eigenvalue weighted by Gasteiger charge is -2.43. The molecule has 0 amide bonds. The summed E-state index contributed by atoms with van der Waals surface area (Å²) in [6.45, 7) is 1.00. The molecule has 0 radical (unpaired) electrons. The molecule has 1 aromatic carbocycles. The van der Waals surface area contributed by atoms with Crippen LogP contribution in [0.2, 0.25) is 0 Å². The van der Waals surface area contributed by atoms with E-state index < -0.39 is 5.54 Å². The largest absolute Gasteiger partial charge is 0.481 e. The standard InChI is InChI=1S/C19H20FN3O2S.C2H6O/c1-24-17-14(3-2-7-22-17)12-4-5-16(20)15(9-12)19-11-25-8-6-13(19)10-26-18(21)23-19;1-3-2/h2-5,7,9,13H,6,8,10-11H2,1H3,(H2,21,23);1-2H3. The van der Waals surface area contributed by atoms with E-state index >= 15 is 0 Å². The lowest BCUT2D eigenvalue weighted by Crippen LogP contribution is -2.48. The van der Waals surface area contributed by atoms with Gasteiger partial charge in [-0.25, -0.2) is 14.4 Å². The number of amidine groups is 1. The van der Waals surface area contributed by atoms with E-state index in [0.29, 0.717) is 29.8 Å². The fourth-order valence-corrected chi connectivity index (χ4v) is 4.77. The second kappa shape index (κ2) is 9.56. The summed E-state index contributed by atoms with van der Waals surface area (Å²) in [7, 11) is 4.82. The average Bonchev–Trinajstić information content (AvgIpc) is 2.74. The van der Waals surface area contributed by atoms with Crippen molar-refractivity contribution in [3.05, 3.63) is 47.9 Å². The van der Waals surface area contributed by atoms with E-state index in [4.69, 9.17) is 15.2 Å². The summed E-state index contributed by atoms with van der Waals surface area (Å²) >= 11 is 1.53. The van der Waals surface area contributed by atoms with Gasteiger partial charge in [-0.3, -0.25) is 0 Å².